The van der Waals surface area contributed by atoms with Crippen LogP contribution in [0.15, 0.2) is 18.3 Å². The summed E-state index contributed by atoms with van der Waals surface area (Å²) in [6.45, 7) is 0. The molecule has 0 bridgehead atoms. The Labute approximate surface area is 119 Å². The van der Waals surface area contributed by atoms with E-state index in [9.17, 15) is 13.2 Å². The molecule has 114 valence electrons. The minimum Gasteiger partial charge on any atom is -0.490 e. The van der Waals surface area contributed by atoms with Crippen LogP contribution in [-0.2, 0) is 6.18 Å². The van der Waals surface area contributed by atoms with Crippen molar-refractivity contribution < 1.29 is 17.9 Å². The molecule has 1 aromatic carbocycles. The zero-order chi connectivity index (χ0) is 15.0. The lowest BCUT2D eigenvalue weighted by atomic mass is 9.93. The molecule has 0 saturated heterocycles. The standard InChI is InChI=1S/C14H16F3N3O/c15-14(16,17)13-10-7-19-20-11(10)4-5-12(13)21-9-3-1-2-8(18)6-9/h4-5,7-9H,1-3,6,18H2,(H,19,20)/t8-,9-/m0/s1. The van der Waals surface area contributed by atoms with Crippen LogP contribution in [-0.4, -0.2) is 22.3 Å². The molecule has 2 aromatic rings. The number of alkyl halides is 3. The van der Waals surface area contributed by atoms with Gasteiger partial charge in [0.05, 0.1) is 11.7 Å². The Hall–Kier alpha value is -1.76. The summed E-state index contributed by atoms with van der Waals surface area (Å²) in [5, 5.41) is 6.25. The van der Waals surface area contributed by atoms with Crippen LogP contribution in [0.4, 0.5) is 13.2 Å². The Morgan fingerprint density at radius 2 is 2.10 bits per heavy atom. The van der Waals surface area contributed by atoms with E-state index < -0.39 is 11.7 Å². The number of aromatic nitrogens is 2. The largest absolute Gasteiger partial charge is 0.490 e. The van der Waals surface area contributed by atoms with Crippen molar-refractivity contribution in [2.75, 3.05) is 0 Å². The fraction of sp³-hybridized carbons (Fsp3) is 0.500. The van der Waals surface area contributed by atoms with Crippen LogP contribution >= 0.6 is 0 Å². The third-order valence-corrected chi connectivity index (χ3v) is 3.83. The third-order valence-electron chi connectivity index (χ3n) is 3.83. The maximum absolute atomic E-state index is 13.3. The number of fused-ring (bicyclic) bond motifs is 1. The van der Waals surface area contributed by atoms with Gasteiger partial charge in [0, 0.05) is 11.4 Å². The molecule has 0 unspecified atom stereocenters. The van der Waals surface area contributed by atoms with E-state index in [0.717, 1.165) is 19.3 Å². The molecule has 0 aliphatic heterocycles. The quantitative estimate of drug-likeness (QED) is 0.895. The first-order chi connectivity index (χ1) is 9.95. The van der Waals surface area contributed by atoms with Gasteiger partial charge in [-0.15, -0.1) is 0 Å². The number of benzene rings is 1. The summed E-state index contributed by atoms with van der Waals surface area (Å²) in [7, 11) is 0. The first-order valence-corrected chi connectivity index (χ1v) is 6.90. The number of halogens is 3. The molecule has 0 spiro atoms. The van der Waals surface area contributed by atoms with Gasteiger partial charge in [-0.05, 0) is 37.8 Å². The van der Waals surface area contributed by atoms with E-state index in [0.29, 0.717) is 11.9 Å². The van der Waals surface area contributed by atoms with Crippen molar-refractivity contribution in [1.29, 1.82) is 0 Å². The number of ether oxygens (including phenoxy) is 1. The molecular formula is C14H16F3N3O. The molecular weight excluding hydrogens is 283 g/mol. The maximum atomic E-state index is 13.3. The Balaban J connectivity index is 1.97. The Morgan fingerprint density at radius 1 is 1.29 bits per heavy atom. The van der Waals surface area contributed by atoms with Crippen LogP contribution in [0, 0.1) is 0 Å². The number of aromatic amines is 1. The van der Waals surface area contributed by atoms with Crippen LogP contribution < -0.4 is 10.5 Å². The van der Waals surface area contributed by atoms with Crippen LogP contribution in [0.2, 0.25) is 0 Å². The van der Waals surface area contributed by atoms with Crippen LogP contribution in [0.25, 0.3) is 10.9 Å². The van der Waals surface area contributed by atoms with Gasteiger partial charge in [0.25, 0.3) is 0 Å². The highest BCUT2D eigenvalue weighted by Crippen LogP contribution is 2.41. The molecule has 1 saturated carbocycles. The van der Waals surface area contributed by atoms with E-state index in [2.05, 4.69) is 10.2 Å². The zero-order valence-electron chi connectivity index (χ0n) is 11.3. The van der Waals surface area contributed by atoms with Crippen molar-refractivity contribution >= 4 is 10.9 Å². The zero-order valence-corrected chi connectivity index (χ0v) is 11.3. The summed E-state index contributed by atoms with van der Waals surface area (Å²) in [5.41, 5.74) is 5.43. The summed E-state index contributed by atoms with van der Waals surface area (Å²) in [6, 6.07) is 2.90. The summed E-state index contributed by atoms with van der Waals surface area (Å²) >= 11 is 0. The summed E-state index contributed by atoms with van der Waals surface area (Å²) in [4.78, 5) is 0. The van der Waals surface area contributed by atoms with Crippen molar-refractivity contribution in [2.24, 2.45) is 5.73 Å². The lowest BCUT2D eigenvalue weighted by Gasteiger charge is -2.28. The fourth-order valence-electron chi connectivity index (χ4n) is 2.86. The van der Waals surface area contributed by atoms with Gasteiger partial charge >= 0.3 is 6.18 Å². The number of H-pyrrole nitrogens is 1. The molecule has 1 heterocycles. The molecule has 4 nitrogen and oxygen atoms in total. The fourth-order valence-corrected chi connectivity index (χ4v) is 2.86. The molecule has 1 fully saturated rings. The van der Waals surface area contributed by atoms with Crippen molar-refractivity contribution in [3.8, 4) is 5.75 Å². The molecule has 1 aromatic heterocycles. The predicted molar refractivity (Wildman–Crippen MR) is 72.0 cm³/mol. The van der Waals surface area contributed by atoms with Crippen molar-refractivity contribution in [3.63, 3.8) is 0 Å². The van der Waals surface area contributed by atoms with E-state index in [4.69, 9.17) is 10.5 Å². The van der Waals surface area contributed by atoms with E-state index >= 15 is 0 Å². The van der Waals surface area contributed by atoms with Gasteiger partial charge in [0.2, 0.25) is 0 Å². The first kappa shape index (κ1) is 14.2. The number of nitrogens with zero attached hydrogens (tertiary/aromatic N) is 1. The van der Waals surface area contributed by atoms with E-state index in [1.54, 1.807) is 6.07 Å². The number of rotatable bonds is 2. The highest BCUT2D eigenvalue weighted by molar-refractivity contribution is 5.84. The highest BCUT2D eigenvalue weighted by atomic mass is 19.4. The second kappa shape index (κ2) is 5.22. The Kier molecular flexibility index (Phi) is 3.52. The van der Waals surface area contributed by atoms with Gasteiger partial charge in [-0.2, -0.15) is 18.3 Å². The molecule has 3 N–H and O–H groups in total. The molecule has 1 aliphatic rings. The second-order valence-electron chi connectivity index (χ2n) is 5.43. The van der Waals surface area contributed by atoms with Gasteiger partial charge in [-0.1, -0.05) is 0 Å². The number of nitrogens with two attached hydrogens (primary N) is 1. The maximum Gasteiger partial charge on any atom is 0.420 e. The first-order valence-electron chi connectivity index (χ1n) is 6.90. The van der Waals surface area contributed by atoms with E-state index in [1.807, 2.05) is 0 Å². The summed E-state index contributed by atoms with van der Waals surface area (Å²) in [6.07, 6.45) is -0.491. The molecule has 7 heteroatoms. The molecule has 3 rings (SSSR count). The van der Waals surface area contributed by atoms with E-state index in [-0.39, 0.29) is 23.3 Å². The second-order valence-corrected chi connectivity index (χ2v) is 5.43. The van der Waals surface area contributed by atoms with E-state index in [1.165, 1.54) is 12.3 Å². The Bertz CT molecular complexity index is 638. The van der Waals surface area contributed by atoms with Crippen LogP contribution in [0.5, 0.6) is 5.75 Å². The van der Waals surface area contributed by atoms with Gasteiger partial charge in [-0.25, -0.2) is 0 Å². The highest BCUT2D eigenvalue weighted by Gasteiger charge is 2.37. The summed E-state index contributed by atoms with van der Waals surface area (Å²) in [5.74, 6) is -0.143. The molecule has 2 atom stereocenters. The van der Waals surface area contributed by atoms with Crippen LogP contribution in [0.1, 0.15) is 31.2 Å². The van der Waals surface area contributed by atoms with Crippen molar-refractivity contribution in [3.05, 3.63) is 23.9 Å². The monoisotopic (exact) mass is 299 g/mol. The van der Waals surface area contributed by atoms with Crippen molar-refractivity contribution in [2.45, 2.75) is 44.0 Å². The smallest absolute Gasteiger partial charge is 0.420 e. The molecule has 0 radical (unpaired) electrons. The normalized spacial score (nSPS) is 23.4. The van der Waals surface area contributed by atoms with Crippen LogP contribution in [0.3, 0.4) is 0 Å². The average Bonchev–Trinajstić information content (AvgIpc) is 2.85. The SMILES string of the molecule is N[C@H]1CCC[C@H](Oc2ccc3[nH]ncc3c2C(F)(F)F)C1. The number of nitrogens with one attached hydrogen (secondary N) is 1. The van der Waals surface area contributed by atoms with Crippen molar-refractivity contribution in [1.82, 2.24) is 10.2 Å². The van der Waals surface area contributed by atoms with Gasteiger partial charge in [0.1, 0.15) is 17.4 Å². The number of hydrogen-bond acceptors (Lipinski definition) is 3. The Morgan fingerprint density at radius 3 is 2.81 bits per heavy atom. The molecule has 21 heavy (non-hydrogen) atoms. The minimum atomic E-state index is -4.49. The predicted octanol–water partition coefficient (Wildman–Crippen LogP) is 3.23. The van der Waals surface area contributed by atoms with Gasteiger partial charge in [0.15, 0.2) is 0 Å². The topological polar surface area (TPSA) is 63.9 Å². The molecule has 0 amide bonds. The average molecular weight is 299 g/mol. The minimum absolute atomic E-state index is 0.00394. The third kappa shape index (κ3) is 2.83. The lowest BCUT2D eigenvalue weighted by Crippen LogP contribution is -2.34. The summed E-state index contributed by atoms with van der Waals surface area (Å²) < 4.78 is 45.6. The lowest BCUT2D eigenvalue weighted by molar-refractivity contribution is -0.138. The molecule has 1 aliphatic carbocycles. The van der Waals surface area contributed by atoms with Gasteiger partial charge < -0.3 is 10.5 Å². The van der Waals surface area contributed by atoms with Gasteiger partial charge in [-0.3, -0.25) is 5.10 Å². The number of hydrogen-bond donors (Lipinski definition) is 2.